The molecule has 4 nitrogen and oxygen atoms in total. The monoisotopic (exact) mass is 270 g/mol. The number of hydrazine groups is 1. The molecule has 1 aromatic carbocycles. The largest absolute Gasteiger partial charge is 0.336 e. The molecule has 0 radical (unpaired) electrons. The van der Waals surface area contributed by atoms with Gasteiger partial charge in [-0.15, -0.1) is 0 Å². The van der Waals surface area contributed by atoms with Crippen molar-refractivity contribution in [2.75, 3.05) is 0 Å². The standard InChI is InChI=1S/C11H12Cl2N4/c1-17-5-4-15-11(17)10(16-14)8-3-2-7(12)6-9(8)13/h2-6,10,16H,14H2,1H3. The quantitative estimate of drug-likeness (QED) is 0.665. The van der Waals surface area contributed by atoms with E-state index in [1.807, 2.05) is 23.9 Å². The van der Waals surface area contributed by atoms with E-state index in [4.69, 9.17) is 29.0 Å². The number of rotatable bonds is 3. The van der Waals surface area contributed by atoms with E-state index >= 15 is 0 Å². The molecule has 0 aliphatic carbocycles. The molecule has 0 aliphatic rings. The van der Waals surface area contributed by atoms with Crippen LogP contribution in [0.5, 0.6) is 0 Å². The van der Waals surface area contributed by atoms with Crippen LogP contribution in [0.4, 0.5) is 0 Å². The SMILES string of the molecule is Cn1ccnc1C(NN)c1ccc(Cl)cc1Cl. The molecule has 1 aromatic heterocycles. The van der Waals surface area contributed by atoms with Gasteiger partial charge in [-0.25, -0.2) is 10.4 Å². The van der Waals surface area contributed by atoms with Gasteiger partial charge in [0.25, 0.3) is 0 Å². The maximum atomic E-state index is 6.16. The third-order valence-electron chi connectivity index (χ3n) is 2.56. The summed E-state index contributed by atoms with van der Waals surface area (Å²) in [5.74, 6) is 6.37. The average Bonchev–Trinajstić information content (AvgIpc) is 2.69. The fourth-order valence-electron chi connectivity index (χ4n) is 1.69. The molecule has 0 fully saturated rings. The number of halogens is 2. The first-order valence-electron chi connectivity index (χ1n) is 5.01. The van der Waals surface area contributed by atoms with Crippen LogP contribution in [0.15, 0.2) is 30.6 Å². The van der Waals surface area contributed by atoms with Gasteiger partial charge in [0, 0.05) is 29.5 Å². The number of hydrogen-bond acceptors (Lipinski definition) is 3. The first-order chi connectivity index (χ1) is 8.13. The molecule has 0 aliphatic heterocycles. The number of benzene rings is 1. The highest BCUT2D eigenvalue weighted by Gasteiger charge is 2.19. The van der Waals surface area contributed by atoms with Crippen LogP contribution < -0.4 is 11.3 Å². The molecule has 0 spiro atoms. The Bertz CT molecular complexity index is 524. The lowest BCUT2D eigenvalue weighted by Gasteiger charge is -2.17. The fraction of sp³-hybridized carbons (Fsp3) is 0.182. The van der Waals surface area contributed by atoms with Gasteiger partial charge in [0.05, 0.1) is 0 Å². The second-order valence-corrected chi connectivity index (χ2v) is 4.51. The van der Waals surface area contributed by atoms with Crippen molar-refractivity contribution in [1.29, 1.82) is 0 Å². The van der Waals surface area contributed by atoms with Crippen molar-refractivity contribution in [1.82, 2.24) is 15.0 Å². The van der Waals surface area contributed by atoms with Gasteiger partial charge in [-0.3, -0.25) is 5.84 Å². The molecule has 17 heavy (non-hydrogen) atoms. The number of nitrogens with one attached hydrogen (secondary N) is 1. The topological polar surface area (TPSA) is 55.9 Å². The molecular formula is C11H12Cl2N4. The predicted octanol–water partition coefficient (Wildman–Crippen LogP) is 2.28. The van der Waals surface area contributed by atoms with Crippen molar-refractivity contribution < 1.29 is 0 Å². The van der Waals surface area contributed by atoms with Crippen LogP contribution in [0.1, 0.15) is 17.4 Å². The highest BCUT2D eigenvalue weighted by molar-refractivity contribution is 6.35. The molecule has 0 bridgehead atoms. The van der Waals surface area contributed by atoms with E-state index in [1.165, 1.54) is 0 Å². The van der Waals surface area contributed by atoms with Crippen LogP contribution in [-0.2, 0) is 7.05 Å². The first-order valence-corrected chi connectivity index (χ1v) is 5.77. The summed E-state index contributed by atoms with van der Waals surface area (Å²) in [7, 11) is 1.90. The maximum Gasteiger partial charge on any atom is 0.131 e. The van der Waals surface area contributed by atoms with Gasteiger partial charge in [0.15, 0.2) is 0 Å². The Labute approximate surface area is 109 Å². The molecule has 6 heteroatoms. The molecule has 90 valence electrons. The summed E-state index contributed by atoms with van der Waals surface area (Å²) in [6, 6.07) is 5.03. The van der Waals surface area contributed by atoms with E-state index in [1.54, 1.807) is 18.3 Å². The summed E-state index contributed by atoms with van der Waals surface area (Å²) in [6.45, 7) is 0. The highest BCUT2D eigenvalue weighted by Crippen LogP contribution is 2.29. The fourth-order valence-corrected chi connectivity index (χ4v) is 2.21. The summed E-state index contributed by atoms with van der Waals surface area (Å²) in [5, 5.41) is 1.15. The number of imidazole rings is 1. The zero-order valence-electron chi connectivity index (χ0n) is 9.19. The smallest absolute Gasteiger partial charge is 0.131 e. The third-order valence-corrected chi connectivity index (χ3v) is 3.12. The molecule has 0 saturated carbocycles. The predicted molar refractivity (Wildman–Crippen MR) is 68.8 cm³/mol. The van der Waals surface area contributed by atoms with Gasteiger partial charge in [-0.1, -0.05) is 29.3 Å². The highest BCUT2D eigenvalue weighted by atomic mass is 35.5. The van der Waals surface area contributed by atoms with E-state index in [0.717, 1.165) is 11.4 Å². The van der Waals surface area contributed by atoms with Gasteiger partial charge < -0.3 is 4.57 Å². The van der Waals surface area contributed by atoms with Crippen LogP contribution in [-0.4, -0.2) is 9.55 Å². The minimum absolute atomic E-state index is 0.264. The van der Waals surface area contributed by atoms with E-state index in [2.05, 4.69) is 10.4 Å². The van der Waals surface area contributed by atoms with Crippen LogP contribution in [0, 0.1) is 0 Å². The van der Waals surface area contributed by atoms with Gasteiger partial charge >= 0.3 is 0 Å². The zero-order chi connectivity index (χ0) is 12.4. The lowest BCUT2D eigenvalue weighted by atomic mass is 10.1. The molecule has 1 atom stereocenters. The van der Waals surface area contributed by atoms with E-state index < -0.39 is 0 Å². The lowest BCUT2D eigenvalue weighted by Crippen LogP contribution is -2.31. The van der Waals surface area contributed by atoms with E-state index in [0.29, 0.717) is 10.0 Å². The summed E-state index contributed by atoms with van der Waals surface area (Å²) in [5.41, 5.74) is 3.55. The normalized spacial score (nSPS) is 12.7. The Morgan fingerprint density at radius 1 is 1.41 bits per heavy atom. The number of nitrogens with zero attached hydrogens (tertiary/aromatic N) is 2. The Morgan fingerprint density at radius 2 is 2.18 bits per heavy atom. The van der Waals surface area contributed by atoms with Crippen molar-refractivity contribution in [2.24, 2.45) is 12.9 Å². The van der Waals surface area contributed by atoms with Gasteiger partial charge in [0.2, 0.25) is 0 Å². The summed E-state index contributed by atoms with van der Waals surface area (Å²) in [4.78, 5) is 4.26. The third kappa shape index (κ3) is 2.45. The van der Waals surface area contributed by atoms with Crippen LogP contribution >= 0.6 is 23.2 Å². The lowest BCUT2D eigenvalue weighted by molar-refractivity contribution is 0.580. The Kier molecular flexibility index (Phi) is 3.69. The van der Waals surface area contributed by atoms with Gasteiger partial charge in [-0.05, 0) is 17.7 Å². The minimum atomic E-state index is -0.264. The van der Waals surface area contributed by atoms with Crippen molar-refractivity contribution in [2.45, 2.75) is 6.04 Å². The zero-order valence-corrected chi connectivity index (χ0v) is 10.7. The van der Waals surface area contributed by atoms with Gasteiger partial charge in [0.1, 0.15) is 11.9 Å². The molecule has 1 heterocycles. The second-order valence-electron chi connectivity index (χ2n) is 3.66. The number of aryl methyl sites for hydroxylation is 1. The summed E-state index contributed by atoms with van der Waals surface area (Å²) >= 11 is 12.0. The van der Waals surface area contributed by atoms with Crippen LogP contribution in [0.3, 0.4) is 0 Å². The number of hydrogen-bond donors (Lipinski definition) is 2. The summed E-state index contributed by atoms with van der Waals surface area (Å²) < 4.78 is 1.88. The molecule has 2 rings (SSSR count). The van der Waals surface area contributed by atoms with Crippen LogP contribution in [0.25, 0.3) is 0 Å². The number of aromatic nitrogens is 2. The molecule has 0 amide bonds. The van der Waals surface area contributed by atoms with Crippen molar-refractivity contribution in [3.8, 4) is 0 Å². The van der Waals surface area contributed by atoms with Crippen molar-refractivity contribution >= 4 is 23.2 Å². The van der Waals surface area contributed by atoms with Crippen molar-refractivity contribution in [3.05, 3.63) is 52.0 Å². The minimum Gasteiger partial charge on any atom is -0.336 e. The van der Waals surface area contributed by atoms with Crippen LogP contribution in [0.2, 0.25) is 10.0 Å². The molecular weight excluding hydrogens is 259 g/mol. The molecule has 2 aromatic rings. The molecule has 1 unspecified atom stereocenters. The Hall–Kier alpha value is -1.07. The Morgan fingerprint density at radius 3 is 2.71 bits per heavy atom. The second kappa shape index (κ2) is 5.06. The van der Waals surface area contributed by atoms with Gasteiger partial charge in [-0.2, -0.15) is 0 Å². The Balaban J connectivity index is 2.46. The molecule has 3 N–H and O–H groups in total. The van der Waals surface area contributed by atoms with Crippen molar-refractivity contribution in [3.63, 3.8) is 0 Å². The maximum absolute atomic E-state index is 6.16. The average molecular weight is 271 g/mol. The van der Waals surface area contributed by atoms with E-state index in [-0.39, 0.29) is 6.04 Å². The van der Waals surface area contributed by atoms with E-state index in [9.17, 15) is 0 Å². The summed E-state index contributed by atoms with van der Waals surface area (Å²) in [6.07, 6.45) is 3.56. The molecule has 0 saturated heterocycles. The number of nitrogens with two attached hydrogens (primary N) is 1. The first kappa shape index (κ1) is 12.4.